The first-order valence-electron chi connectivity index (χ1n) is 13.7. The van der Waals surface area contributed by atoms with Crippen LogP contribution in [0, 0.1) is 0 Å². The third kappa shape index (κ3) is 6.21. The Morgan fingerprint density at radius 1 is 0.614 bits per heavy atom. The second kappa shape index (κ2) is 12.9. The first-order valence-corrected chi connectivity index (χ1v) is 13.7. The summed E-state index contributed by atoms with van der Waals surface area (Å²) >= 11 is 0. The van der Waals surface area contributed by atoms with Gasteiger partial charge in [-0.2, -0.15) is 0 Å². The summed E-state index contributed by atoms with van der Waals surface area (Å²) < 4.78 is 12.3. The standard InChI is InChI=1S/C32H29N3O9/c1-33-30(40)34(16-22(36)18-43-28(38)26-14-6-10-20-8-2-4-12-24(20)26)32(42)35(31(33)41)17-23(37)19-44-29(39)27-15-7-11-21-9-3-5-13-25(21)27/h2-15,22-23,36-37H,16-19H2,1H3. The number of fused-ring (bicyclic) bond motifs is 2. The molecule has 0 saturated heterocycles. The van der Waals surface area contributed by atoms with E-state index in [0.717, 1.165) is 17.8 Å². The van der Waals surface area contributed by atoms with Crippen molar-refractivity contribution in [2.45, 2.75) is 25.3 Å². The summed E-state index contributed by atoms with van der Waals surface area (Å²) in [5, 5.41) is 24.1. The topological polar surface area (TPSA) is 159 Å². The Bertz CT molecular complexity index is 1890. The van der Waals surface area contributed by atoms with E-state index < -0.39 is 67.5 Å². The van der Waals surface area contributed by atoms with Crippen LogP contribution in [-0.2, 0) is 29.6 Å². The molecule has 44 heavy (non-hydrogen) atoms. The molecule has 5 rings (SSSR count). The van der Waals surface area contributed by atoms with Gasteiger partial charge < -0.3 is 19.7 Å². The second-order valence-corrected chi connectivity index (χ2v) is 10.2. The number of carbonyl (C=O) groups is 2. The molecule has 0 amide bonds. The Labute approximate surface area is 249 Å². The van der Waals surface area contributed by atoms with Crippen LogP contribution in [0.4, 0.5) is 0 Å². The van der Waals surface area contributed by atoms with Crippen molar-refractivity contribution < 1.29 is 29.3 Å². The minimum Gasteiger partial charge on any atom is -0.459 e. The van der Waals surface area contributed by atoms with Crippen LogP contribution in [0.25, 0.3) is 21.5 Å². The summed E-state index contributed by atoms with van der Waals surface area (Å²) in [7, 11) is 1.14. The molecule has 0 saturated carbocycles. The van der Waals surface area contributed by atoms with Crippen LogP contribution in [0.1, 0.15) is 20.7 Å². The third-order valence-corrected chi connectivity index (χ3v) is 7.12. The molecule has 12 nitrogen and oxygen atoms in total. The largest absolute Gasteiger partial charge is 0.459 e. The number of carbonyl (C=O) groups excluding carboxylic acids is 2. The van der Waals surface area contributed by atoms with Crippen molar-refractivity contribution in [3.05, 3.63) is 128 Å². The SMILES string of the molecule is Cn1c(=O)n(CC(O)COC(=O)c2cccc3ccccc23)c(=O)n(CC(O)COC(=O)c2cccc3ccccc23)c1=O. The summed E-state index contributed by atoms with van der Waals surface area (Å²) in [6.45, 7) is -2.27. The first kappa shape index (κ1) is 30.1. The maximum Gasteiger partial charge on any atom is 0.338 e. The Morgan fingerprint density at radius 3 is 1.43 bits per heavy atom. The Kier molecular flexibility index (Phi) is 8.83. The van der Waals surface area contributed by atoms with Gasteiger partial charge in [0.05, 0.1) is 24.2 Å². The highest BCUT2D eigenvalue weighted by atomic mass is 16.5. The van der Waals surface area contributed by atoms with Gasteiger partial charge >= 0.3 is 29.0 Å². The zero-order valence-electron chi connectivity index (χ0n) is 23.7. The lowest BCUT2D eigenvalue weighted by molar-refractivity contribution is 0.0191. The van der Waals surface area contributed by atoms with Crippen molar-refractivity contribution in [1.82, 2.24) is 13.7 Å². The molecule has 0 aliphatic carbocycles. The number of nitrogens with zero attached hydrogens (tertiary/aromatic N) is 3. The molecule has 0 fully saturated rings. The molecular formula is C32H29N3O9. The lowest BCUT2D eigenvalue weighted by Gasteiger charge is -2.17. The molecule has 0 aliphatic heterocycles. The van der Waals surface area contributed by atoms with Gasteiger partial charge in [0.15, 0.2) is 0 Å². The number of esters is 2. The molecule has 12 heteroatoms. The maximum absolute atomic E-state index is 13.1. The van der Waals surface area contributed by atoms with Crippen molar-refractivity contribution in [3.63, 3.8) is 0 Å². The fourth-order valence-corrected chi connectivity index (χ4v) is 4.90. The Hall–Kier alpha value is -5.33. The molecule has 0 radical (unpaired) electrons. The minimum absolute atomic E-state index is 0.284. The molecular weight excluding hydrogens is 570 g/mol. The number of ether oxygens (including phenoxy) is 2. The van der Waals surface area contributed by atoms with E-state index in [0.29, 0.717) is 24.5 Å². The van der Waals surface area contributed by atoms with E-state index in [1.165, 1.54) is 0 Å². The number of hydrogen-bond donors (Lipinski definition) is 2. The fourth-order valence-electron chi connectivity index (χ4n) is 4.90. The molecule has 4 aromatic carbocycles. The van der Waals surface area contributed by atoms with Gasteiger partial charge in [0, 0.05) is 7.05 Å². The van der Waals surface area contributed by atoms with E-state index >= 15 is 0 Å². The summed E-state index contributed by atoms with van der Waals surface area (Å²) in [6, 6.07) is 24.6. The number of aliphatic hydroxyl groups excluding tert-OH is 2. The first-order chi connectivity index (χ1) is 21.2. The highest BCUT2D eigenvalue weighted by molar-refractivity contribution is 6.05. The zero-order chi connectivity index (χ0) is 31.4. The quantitative estimate of drug-likeness (QED) is 0.227. The van der Waals surface area contributed by atoms with E-state index in [4.69, 9.17) is 9.47 Å². The molecule has 2 unspecified atom stereocenters. The average Bonchev–Trinajstić information content (AvgIpc) is 3.05. The van der Waals surface area contributed by atoms with Crippen LogP contribution >= 0.6 is 0 Å². The highest BCUT2D eigenvalue weighted by Crippen LogP contribution is 2.20. The molecule has 0 aliphatic rings. The van der Waals surface area contributed by atoms with Crippen LogP contribution in [0.3, 0.4) is 0 Å². The lowest BCUT2D eigenvalue weighted by Crippen LogP contribution is -2.56. The van der Waals surface area contributed by atoms with Gasteiger partial charge in [0.25, 0.3) is 0 Å². The van der Waals surface area contributed by atoms with Gasteiger partial charge in [-0.25, -0.2) is 37.7 Å². The van der Waals surface area contributed by atoms with Crippen molar-refractivity contribution in [2.24, 2.45) is 7.05 Å². The van der Waals surface area contributed by atoms with E-state index in [-0.39, 0.29) is 11.1 Å². The van der Waals surface area contributed by atoms with Crippen molar-refractivity contribution in [2.75, 3.05) is 13.2 Å². The molecule has 1 aromatic heterocycles. The average molecular weight is 600 g/mol. The number of aliphatic hydroxyl groups is 2. The van der Waals surface area contributed by atoms with Crippen LogP contribution in [0.5, 0.6) is 0 Å². The second-order valence-electron chi connectivity index (χ2n) is 10.2. The van der Waals surface area contributed by atoms with Gasteiger partial charge in [-0.05, 0) is 33.7 Å². The van der Waals surface area contributed by atoms with Crippen LogP contribution < -0.4 is 17.1 Å². The summed E-state index contributed by atoms with van der Waals surface area (Å²) in [5.41, 5.74) is -2.55. The van der Waals surface area contributed by atoms with E-state index in [9.17, 15) is 34.2 Å². The molecule has 5 aromatic rings. The van der Waals surface area contributed by atoms with Crippen molar-refractivity contribution in [3.8, 4) is 0 Å². The summed E-state index contributed by atoms with van der Waals surface area (Å²) in [4.78, 5) is 64.0. The predicted octanol–water partition coefficient (Wildman–Crippen LogP) is 1.45. The molecule has 0 bridgehead atoms. The maximum atomic E-state index is 13.1. The van der Waals surface area contributed by atoms with Crippen LogP contribution in [0.15, 0.2) is 99.3 Å². The van der Waals surface area contributed by atoms with E-state index in [1.54, 1.807) is 48.5 Å². The van der Waals surface area contributed by atoms with Gasteiger partial charge in [-0.1, -0.05) is 72.8 Å². The van der Waals surface area contributed by atoms with Crippen molar-refractivity contribution in [1.29, 1.82) is 0 Å². The number of hydrogen-bond acceptors (Lipinski definition) is 9. The van der Waals surface area contributed by atoms with Gasteiger partial charge in [-0.15, -0.1) is 0 Å². The lowest BCUT2D eigenvalue weighted by atomic mass is 10.1. The zero-order valence-corrected chi connectivity index (χ0v) is 23.7. The normalized spacial score (nSPS) is 12.6. The van der Waals surface area contributed by atoms with Crippen LogP contribution in [-0.4, -0.2) is 61.3 Å². The molecule has 2 N–H and O–H groups in total. The summed E-state index contributed by atoms with van der Waals surface area (Å²) in [6.07, 6.45) is -2.95. The summed E-state index contributed by atoms with van der Waals surface area (Å²) in [5.74, 6) is -1.40. The monoisotopic (exact) mass is 599 g/mol. The Balaban J connectivity index is 1.26. The van der Waals surface area contributed by atoms with Crippen molar-refractivity contribution >= 4 is 33.5 Å². The number of benzene rings is 4. The number of rotatable bonds is 10. The molecule has 226 valence electrons. The minimum atomic E-state index is -1.48. The van der Waals surface area contributed by atoms with Gasteiger partial charge in [0.1, 0.15) is 25.4 Å². The van der Waals surface area contributed by atoms with Crippen LogP contribution in [0.2, 0.25) is 0 Å². The van der Waals surface area contributed by atoms with Gasteiger partial charge in [-0.3, -0.25) is 0 Å². The fraction of sp³-hybridized carbons (Fsp3) is 0.219. The van der Waals surface area contributed by atoms with E-state index in [1.807, 2.05) is 36.4 Å². The van der Waals surface area contributed by atoms with Gasteiger partial charge in [0.2, 0.25) is 0 Å². The Morgan fingerprint density at radius 2 is 1.00 bits per heavy atom. The molecule has 1 heterocycles. The van der Waals surface area contributed by atoms with E-state index in [2.05, 4.69) is 0 Å². The smallest absolute Gasteiger partial charge is 0.338 e. The predicted molar refractivity (Wildman–Crippen MR) is 161 cm³/mol. The molecule has 0 spiro atoms. The highest BCUT2D eigenvalue weighted by Gasteiger charge is 2.21. The number of aromatic nitrogens is 3. The molecule has 2 atom stereocenters. The third-order valence-electron chi connectivity index (χ3n) is 7.12.